The van der Waals surface area contributed by atoms with Crippen LogP contribution in [0.5, 0.6) is 5.75 Å². The number of rotatable bonds is 3. The molecule has 0 amide bonds. The largest absolute Gasteiger partial charge is 0.486 e. The summed E-state index contributed by atoms with van der Waals surface area (Å²) in [5.74, 6) is 0.859. The topological polar surface area (TPSA) is 22.1 Å². The van der Waals surface area contributed by atoms with Crippen LogP contribution in [0.25, 0.3) is 0 Å². The summed E-state index contributed by atoms with van der Waals surface area (Å²) >= 11 is 5.02. The van der Waals surface area contributed by atoms with E-state index in [1.165, 1.54) is 0 Å². The van der Waals surface area contributed by atoms with Crippen molar-refractivity contribution in [3.8, 4) is 5.75 Å². The molecule has 0 bridgehead atoms. The summed E-state index contributed by atoms with van der Waals surface area (Å²) in [6.07, 6.45) is 0. The molecule has 0 fully saturated rings. The van der Waals surface area contributed by atoms with E-state index in [1.807, 2.05) is 36.6 Å². The maximum absolute atomic E-state index is 5.60. The summed E-state index contributed by atoms with van der Waals surface area (Å²) in [6.45, 7) is 2.52. The first-order valence-corrected chi connectivity index (χ1v) is 6.21. The van der Waals surface area contributed by atoms with Gasteiger partial charge in [0.15, 0.2) is 0 Å². The first kappa shape index (κ1) is 10.6. The van der Waals surface area contributed by atoms with Crippen LogP contribution in [0.3, 0.4) is 0 Å². The minimum Gasteiger partial charge on any atom is -0.486 e. The molecule has 1 heterocycles. The Morgan fingerprint density at radius 2 is 2.33 bits per heavy atom. The van der Waals surface area contributed by atoms with Crippen molar-refractivity contribution in [2.24, 2.45) is 0 Å². The lowest BCUT2D eigenvalue weighted by molar-refractivity contribution is 0.305. The van der Waals surface area contributed by atoms with E-state index in [4.69, 9.17) is 4.74 Å². The molecule has 0 saturated carbocycles. The van der Waals surface area contributed by atoms with Gasteiger partial charge < -0.3 is 4.74 Å². The van der Waals surface area contributed by atoms with Crippen LogP contribution < -0.4 is 4.74 Å². The van der Waals surface area contributed by atoms with E-state index in [9.17, 15) is 0 Å². The van der Waals surface area contributed by atoms with E-state index in [0.29, 0.717) is 6.61 Å². The molecule has 2 rings (SSSR count). The lowest BCUT2D eigenvalue weighted by Crippen LogP contribution is -1.94. The first-order valence-electron chi connectivity index (χ1n) is 4.53. The second-order valence-electron chi connectivity index (χ2n) is 3.13. The number of hydrogen-bond donors (Lipinski definition) is 0. The predicted molar refractivity (Wildman–Crippen MR) is 65.3 cm³/mol. The third kappa shape index (κ3) is 3.04. The second-order valence-corrected chi connectivity index (χ2v) is 4.99. The number of hydrogen-bond acceptors (Lipinski definition) is 3. The fraction of sp³-hybridized carbons (Fsp3) is 0.182. The highest BCUT2D eigenvalue weighted by Gasteiger charge is 2.00. The molecule has 0 radical (unpaired) electrons. The Morgan fingerprint density at radius 1 is 1.47 bits per heavy atom. The Balaban J connectivity index is 1.99. The van der Waals surface area contributed by atoms with Gasteiger partial charge in [0.2, 0.25) is 0 Å². The van der Waals surface area contributed by atoms with Gasteiger partial charge in [-0.25, -0.2) is 4.98 Å². The molecular weight excluding hydrogens is 274 g/mol. The number of aromatic nitrogens is 1. The van der Waals surface area contributed by atoms with Crippen LogP contribution in [0.4, 0.5) is 0 Å². The van der Waals surface area contributed by atoms with Crippen LogP contribution in [-0.4, -0.2) is 4.98 Å². The molecule has 2 nitrogen and oxygen atoms in total. The van der Waals surface area contributed by atoms with E-state index in [0.717, 1.165) is 20.9 Å². The van der Waals surface area contributed by atoms with Crippen LogP contribution in [0, 0.1) is 6.92 Å². The quantitative estimate of drug-likeness (QED) is 0.855. The van der Waals surface area contributed by atoms with E-state index in [1.54, 1.807) is 11.3 Å². The van der Waals surface area contributed by atoms with E-state index >= 15 is 0 Å². The molecule has 0 saturated heterocycles. The molecule has 2 aromatic rings. The molecule has 78 valence electrons. The van der Waals surface area contributed by atoms with Gasteiger partial charge in [-0.15, -0.1) is 11.3 Å². The minimum absolute atomic E-state index is 0.537. The summed E-state index contributed by atoms with van der Waals surface area (Å²) in [6, 6.07) is 7.80. The SMILES string of the molecule is Cc1csc(COc2cccc(Br)c2)n1. The molecule has 0 aliphatic heterocycles. The van der Waals surface area contributed by atoms with Gasteiger partial charge >= 0.3 is 0 Å². The van der Waals surface area contributed by atoms with Gasteiger partial charge in [0.25, 0.3) is 0 Å². The van der Waals surface area contributed by atoms with Crippen LogP contribution in [-0.2, 0) is 6.61 Å². The standard InChI is InChI=1S/C11H10BrNOS/c1-8-7-15-11(13-8)6-14-10-4-2-3-9(12)5-10/h2-5,7H,6H2,1H3. The number of thiazole rings is 1. The van der Waals surface area contributed by atoms with Gasteiger partial charge in [-0.1, -0.05) is 22.0 Å². The summed E-state index contributed by atoms with van der Waals surface area (Å²) in [4.78, 5) is 4.33. The van der Waals surface area contributed by atoms with Crippen LogP contribution >= 0.6 is 27.3 Å². The zero-order chi connectivity index (χ0) is 10.7. The lowest BCUT2D eigenvalue weighted by atomic mass is 10.3. The summed E-state index contributed by atoms with van der Waals surface area (Å²) in [5, 5.41) is 3.03. The summed E-state index contributed by atoms with van der Waals surface area (Å²) in [7, 11) is 0. The van der Waals surface area contributed by atoms with Gasteiger partial charge in [0.1, 0.15) is 17.4 Å². The molecular formula is C11H10BrNOS. The van der Waals surface area contributed by atoms with Crippen LogP contribution in [0.15, 0.2) is 34.1 Å². The second kappa shape index (κ2) is 4.77. The monoisotopic (exact) mass is 283 g/mol. The maximum atomic E-state index is 5.60. The van der Waals surface area contributed by atoms with Crippen molar-refractivity contribution in [2.75, 3.05) is 0 Å². The van der Waals surface area contributed by atoms with Gasteiger partial charge in [-0.2, -0.15) is 0 Å². The van der Waals surface area contributed by atoms with Crippen molar-refractivity contribution in [1.82, 2.24) is 4.98 Å². The minimum atomic E-state index is 0.537. The molecule has 0 aliphatic carbocycles. The number of ether oxygens (including phenoxy) is 1. The summed E-state index contributed by atoms with van der Waals surface area (Å²) in [5.41, 5.74) is 1.05. The Morgan fingerprint density at radius 3 is 3.00 bits per heavy atom. The molecule has 1 aromatic heterocycles. The van der Waals surface area contributed by atoms with Gasteiger partial charge in [0, 0.05) is 15.5 Å². The van der Waals surface area contributed by atoms with Crippen molar-refractivity contribution in [3.05, 3.63) is 44.8 Å². The Bertz CT molecular complexity index is 455. The molecule has 0 unspecified atom stereocenters. The third-order valence-corrected chi connectivity index (χ3v) is 3.26. The van der Waals surface area contributed by atoms with Gasteiger partial charge in [-0.3, -0.25) is 0 Å². The Kier molecular flexibility index (Phi) is 3.38. The Labute approximate surface area is 101 Å². The van der Waals surface area contributed by atoms with E-state index in [-0.39, 0.29) is 0 Å². The molecule has 0 atom stereocenters. The van der Waals surface area contributed by atoms with E-state index < -0.39 is 0 Å². The molecule has 0 spiro atoms. The average molecular weight is 284 g/mol. The third-order valence-electron chi connectivity index (χ3n) is 1.82. The average Bonchev–Trinajstić information content (AvgIpc) is 2.62. The molecule has 15 heavy (non-hydrogen) atoms. The number of halogens is 1. The first-order chi connectivity index (χ1) is 7.24. The highest BCUT2D eigenvalue weighted by molar-refractivity contribution is 9.10. The number of nitrogens with zero attached hydrogens (tertiary/aromatic N) is 1. The number of aryl methyl sites for hydroxylation is 1. The zero-order valence-electron chi connectivity index (χ0n) is 8.24. The van der Waals surface area contributed by atoms with Crippen molar-refractivity contribution in [3.63, 3.8) is 0 Å². The molecule has 1 aromatic carbocycles. The normalized spacial score (nSPS) is 10.3. The maximum Gasteiger partial charge on any atom is 0.140 e. The van der Waals surface area contributed by atoms with Gasteiger partial charge in [0.05, 0.1) is 0 Å². The van der Waals surface area contributed by atoms with Crippen molar-refractivity contribution >= 4 is 27.3 Å². The zero-order valence-corrected chi connectivity index (χ0v) is 10.6. The fourth-order valence-electron chi connectivity index (χ4n) is 1.17. The molecule has 4 heteroatoms. The van der Waals surface area contributed by atoms with E-state index in [2.05, 4.69) is 20.9 Å². The van der Waals surface area contributed by atoms with Crippen molar-refractivity contribution in [1.29, 1.82) is 0 Å². The molecule has 0 N–H and O–H groups in total. The van der Waals surface area contributed by atoms with Gasteiger partial charge in [-0.05, 0) is 25.1 Å². The fourth-order valence-corrected chi connectivity index (χ4v) is 2.23. The van der Waals surface area contributed by atoms with Crippen molar-refractivity contribution in [2.45, 2.75) is 13.5 Å². The number of benzene rings is 1. The highest BCUT2D eigenvalue weighted by Crippen LogP contribution is 2.19. The lowest BCUT2D eigenvalue weighted by Gasteiger charge is -2.03. The highest BCUT2D eigenvalue weighted by atomic mass is 79.9. The van der Waals surface area contributed by atoms with Crippen molar-refractivity contribution < 1.29 is 4.74 Å². The Hall–Kier alpha value is -0.870. The predicted octanol–water partition coefficient (Wildman–Crippen LogP) is 3.79. The van der Waals surface area contributed by atoms with Crippen LogP contribution in [0.2, 0.25) is 0 Å². The molecule has 0 aliphatic rings. The van der Waals surface area contributed by atoms with Crippen LogP contribution in [0.1, 0.15) is 10.7 Å². The smallest absolute Gasteiger partial charge is 0.140 e. The summed E-state index contributed by atoms with van der Waals surface area (Å²) < 4.78 is 6.63.